The molecular weight excluding hydrogens is 335 g/mol. The van der Waals surface area contributed by atoms with Gasteiger partial charge in [0.15, 0.2) is 0 Å². The van der Waals surface area contributed by atoms with Crippen LogP contribution in [-0.4, -0.2) is 11.2 Å². The predicted octanol–water partition coefficient (Wildman–Crippen LogP) is 5.10. The van der Waals surface area contributed by atoms with Crippen LogP contribution in [0.2, 0.25) is 0 Å². The van der Waals surface area contributed by atoms with Crippen molar-refractivity contribution >= 4 is 26.2 Å². The molecule has 0 bridgehead atoms. The van der Waals surface area contributed by atoms with Gasteiger partial charge in [-0.3, -0.25) is 0 Å². The van der Waals surface area contributed by atoms with Crippen LogP contribution in [0.25, 0.3) is 3.58 Å². The summed E-state index contributed by atoms with van der Waals surface area (Å²) in [6, 6.07) is 8.49. The van der Waals surface area contributed by atoms with E-state index >= 15 is 0 Å². The van der Waals surface area contributed by atoms with Gasteiger partial charge < -0.3 is 5.11 Å². The van der Waals surface area contributed by atoms with Gasteiger partial charge in [0.1, 0.15) is 0 Å². The number of aryl methyl sites for hydroxylation is 1. The highest BCUT2D eigenvalue weighted by atomic mass is 127. The number of rotatable bonds is 6. The molecule has 0 aliphatic heterocycles. The first-order valence-electron chi connectivity index (χ1n) is 6.70. The number of hydrogen-bond acceptors (Lipinski definition) is 1. The van der Waals surface area contributed by atoms with Gasteiger partial charge >= 0.3 is 0 Å². The largest absolute Gasteiger partial charge is 0.389 e. The third-order valence-electron chi connectivity index (χ3n) is 3.11. The molecule has 0 saturated carbocycles. The van der Waals surface area contributed by atoms with E-state index in [1.165, 1.54) is 33.1 Å². The minimum atomic E-state index is -0.353. The topological polar surface area (TPSA) is 20.2 Å². The molecule has 0 heterocycles. The van der Waals surface area contributed by atoms with Crippen LogP contribution in [-0.2, 0) is 0 Å². The van der Waals surface area contributed by atoms with Gasteiger partial charge in [-0.25, -0.2) is 0 Å². The molecule has 0 fully saturated rings. The maximum absolute atomic E-state index is 9.95. The summed E-state index contributed by atoms with van der Waals surface area (Å²) < 4.78 is 1.21. The smallest absolute Gasteiger partial charge is 0.0735 e. The summed E-state index contributed by atoms with van der Waals surface area (Å²) in [4.78, 5) is 0. The molecule has 0 amide bonds. The molecule has 100 valence electrons. The van der Waals surface area contributed by atoms with Crippen molar-refractivity contribution in [1.29, 1.82) is 0 Å². The van der Waals surface area contributed by atoms with Crippen LogP contribution in [0.1, 0.15) is 50.7 Å². The molecule has 0 radical (unpaired) electrons. The van der Waals surface area contributed by atoms with E-state index in [1.54, 1.807) is 0 Å². The first-order chi connectivity index (χ1) is 8.56. The van der Waals surface area contributed by atoms with Crippen LogP contribution in [0.5, 0.6) is 0 Å². The number of hydrogen-bond donors (Lipinski definition) is 1. The molecule has 0 aliphatic rings. The Labute approximate surface area is 124 Å². The van der Waals surface area contributed by atoms with Gasteiger partial charge in [-0.2, -0.15) is 0 Å². The Kier molecular flexibility index (Phi) is 6.94. The Morgan fingerprint density at radius 1 is 1.33 bits per heavy atom. The zero-order chi connectivity index (χ0) is 13.5. The summed E-state index contributed by atoms with van der Waals surface area (Å²) in [7, 11) is 0. The maximum atomic E-state index is 9.95. The average molecular weight is 358 g/mol. The zero-order valence-corrected chi connectivity index (χ0v) is 13.7. The summed E-state index contributed by atoms with van der Waals surface area (Å²) in [5.74, 6) is 0. The maximum Gasteiger partial charge on any atom is 0.0735 e. The number of unbranched alkanes of at least 4 members (excludes halogenated alkanes) is 2. The number of benzene rings is 1. The van der Waals surface area contributed by atoms with E-state index in [0.717, 1.165) is 12.8 Å². The van der Waals surface area contributed by atoms with Gasteiger partial charge in [0.25, 0.3) is 0 Å². The van der Waals surface area contributed by atoms with Crippen LogP contribution in [0.4, 0.5) is 0 Å². The molecular formula is C16H23IO. The predicted molar refractivity (Wildman–Crippen MR) is 87.9 cm³/mol. The Balaban J connectivity index is 2.95. The second kappa shape index (κ2) is 7.95. The SMILES string of the molecule is CCCCC/C(=C(/I)c1cccc(C)c1)C(C)O. The van der Waals surface area contributed by atoms with Gasteiger partial charge in [-0.15, -0.1) is 0 Å². The molecule has 1 aromatic carbocycles. The van der Waals surface area contributed by atoms with Crippen molar-refractivity contribution in [1.82, 2.24) is 0 Å². The van der Waals surface area contributed by atoms with Crippen molar-refractivity contribution in [2.45, 2.75) is 52.6 Å². The van der Waals surface area contributed by atoms with Crippen molar-refractivity contribution in [3.63, 3.8) is 0 Å². The molecule has 1 rings (SSSR count). The molecule has 0 saturated heterocycles. The highest BCUT2D eigenvalue weighted by Crippen LogP contribution is 2.31. The first-order valence-corrected chi connectivity index (χ1v) is 7.77. The summed E-state index contributed by atoms with van der Waals surface area (Å²) in [5.41, 5.74) is 3.66. The Bertz CT molecular complexity index is 407. The molecule has 0 aromatic heterocycles. The highest BCUT2D eigenvalue weighted by molar-refractivity contribution is 14.1. The molecule has 1 nitrogen and oxygen atoms in total. The van der Waals surface area contributed by atoms with E-state index in [2.05, 4.69) is 60.7 Å². The fraction of sp³-hybridized carbons (Fsp3) is 0.500. The molecule has 1 N–H and O–H groups in total. The monoisotopic (exact) mass is 358 g/mol. The molecule has 1 aromatic rings. The number of halogens is 1. The lowest BCUT2D eigenvalue weighted by Gasteiger charge is -2.14. The fourth-order valence-electron chi connectivity index (χ4n) is 2.03. The minimum absolute atomic E-state index is 0.353. The van der Waals surface area contributed by atoms with Crippen molar-refractivity contribution in [3.8, 4) is 0 Å². The van der Waals surface area contributed by atoms with E-state index in [9.17, 15) is 5.11 Å². The van der Waals surface area contributed by atoms with Crippen molar-refractivity contribution < 1.29 is 5.11 Å². The summed E-state index contributed by atoms with van der Waals surface area (Å²) >= 11 is 2.37. The van der Waals surface area contributed by atoms with Gasteiger partial charge in [-0.1, -0.05) is 49.6 Å². The van der Waals surface area contributed by atoms with Gasteiger partial charge in [0.2, 0.25) is 0 Å². The molecule has 0 spiro atoms. The average Bonchev–Trinajstić information content (AvgIpc) is 2.33. The molecule has 2 heteroatoms. The molecule has 18 heavy (non-hydrogen) atoms. The number of aliphatic hydroxyl groups excluding tert-OH is 1. The fourth-order valence-corrected chi connectivity index (χ4v) is 3.09. The Hall–Kier alpha value is -0.350. The first kappa shape index (κ1) is 15.7. The number of aliphatic hydroxyl groups is 1. The molecule has 0 aliphatic carbocycles. The van der Waals surface area contributed by atoms with Crippen molar-refractivity contribution in [3.05, 3.63) is 41.0 Å². The second-order valence-electron chi connectivity index (χ2n) is 4.84. The second-order valence-corrected chi connectivity index (χ2v) is 5.92. The summed E-state index contributed by atoms with van der Waals surface area (Å²) in [5, 5.41) is 9.95. The van der Waals surface area contributed by atoms with Gasteiger partial charge in [0.05, 0.1) is 6.10 Å². The third kappa shape index (κ3) is 4.73. The lowest BCUT2D eigenvalue weighted by Crippen LogP contribution is -2.06. The van der Waals surface area contributed by atoms with Crippen LogP contribution < -0.4 is 0 Å². The van der Waals surface area contributed by atoms with Crippen molar-refractivity contribution in [2.75, 3.05) is 0 Å². The van der Waals surface area contributed by atoms with E-state index in [-0.39, 0.29) is 6.10 Å². The summed E-state index contributed by atoms with van der Waals surface area (Å²) in [6.45, 7) is 6.18. The standard InChI is InChI=1S/C16H23IO/c1-4-5-6-10-15(13(3)18)16(17)14-9-7-8-12(2)11-14/h7-9,11,13,18H,4-6,10H2,1-3H3/b16-15-. The Morgan fingerprint density at radius 3 is 2.61 bits per heavy atom. The van der Waals surface area contributed by atoms with E-state index in [4.69, 9.17) is 0 Å². The minimum Gasteiger partial charge on any atom is -0.389 e. The van der Waals surface area contributed by atoms with Gasteiger partial charge in [-0.05, 0) is 60.4 Å². The summed E-state index contributed by atoms with van der Waals surface area (Å²) in [6.07, 6.45) is 4.25. The van der Waals surface area contributed by atoms with Crippen molar-refractivity contribution in [2.24, 2.45) is 0 Å². The van der Waals surface area contributed by atoms with E-state index < -0.39 is 0 Å². The normalized spacial score (nSPS) is 14.3. The van der Waals surface area contributed by atoms with E-state index in [0.29, 0.717) is 0 Å². The van der Waals surface area contributed by atoms with Gasteiger partial charge in [0, 0.05) is 3.58 Å². The Morgan fingerprint density at radius 2 is 2.06 bits per heavy atom. The quantitative estimate of drug-likeness (QED) is 0.554. The third-order valence-corrected chi connectivity index (χ3v) is 4.42. The van der Waals surface area contributed by atoms with Crippen LogP contribution in [0, 0.1) is 6.92 Å². The van der Waals surface area contributed by atoms with E-state index in [1.807, 2.05) is 6.92 Å². The zero-order valence-electron chi connectivity index (χ0n) is 11.5. The highest BCUT2D eigenvalue weighted by Gasteiger charge is 2.11. The van der Waals surface area contributed by atoms with Crippen LogP contribution in [0.15, 0.2) is 29.8 Å². The molecule has 1 atom stereocenters. The van der Waals surface area contributed by atoms with Crippen LogP contribution in [0.3, 0.4) is 0 Å². The molecule has 1 unspecified atom stereocenters. The lowest BCUT2D eigenvalue weighted by atomic mass is 10.00. The lowest BCUT2D eigenvalue weighted by molar-refractivity contribution is 0.227. The van der Waals surface area contributed by atoms with Crippen LogP contribution >= 0.6 is 22.6 Å².